The number of benzene rings is 3. The number of para-hydroxylation sites is 1. The maximum atomic E-state index is 12.7. The zero-order valence-corrected chi connectivity index (χ0v) is 19.3. The van der Waals surface area contributed by atoms with Crippen molar-refractivity contribution >= 4 is 38.2 Å². The number of amides is 1. The fourth-order valence-electron chi connectivity index (χ4n) is 4.33. The van der Waals surface area contributed by atoms with Crippen LogP contribution in [0.1, 0.15) is 23.2 Å². The van der Waals surface area contributed by atoms with E-state index in [0.717, 1.165) is 77.2 Å². The van der Waals surface area contributed by atoms with E-state index < -0.39 is 5.91 Å². The van der Waals surface area contributed by atoms with Crippen LogP contribution < -0.4 is 10.5 Å². The van der Waals surface area contributed by atoms with Crippen molar-refractivity contribution in [1.82, 2.24) is 9.88 Å². The van der Waals surface area contributed by atoms with Gasteiger partial charge in [-0.2, -0.15) is 0 Å². The predicted molar refractivity (Wildman–Crippen MR) is 133 cm³/mol. The molecule has 2 N–H and O–H groups in total. The minimum Gasteiger partial charge on any atom is -0.493 e. The highest BCUT2D eigenvalue weighted by molar-refractivity contribution is 7.21. The number of nitrogens with two attached hydrogens (primary N) is 1. The molecule has 0 unspecified atom stereocenters. The summed E-state index contributed by atoms with van der Waals surface area (Å²) in [4.78, 5) is 19.9. The van der Waals surface area contributed by atoms with Gasteiger partial charge in [-0.05, 0) is 48.4 Å². The van der Waals surface area contributed by atoms with Gasteiger partial charge in [-0.15, -0.1) is 11.3 Å². The maximum absolute atomic E-state index is 12.7. The predicted octanol–water partition coefficient (Wildman–Crippen LogP) is 4.71. The summed E-state index contributed by atoms with van der Waals surface area (Å²) in [7, 11) is 0. The number of morpholine rings is 1. The number of aromatic nitrogens is 1. The molecule has 0 aliphatic carbocycles. The first kappa shape index (κ1) is 21.8. The molecule has 1 fully saturated rings. The molecule has 1 aromatic heterocycles. The van der Waals surface area contributed by atoms with Gasteiger partial charge >= 0.3 is 0 Å². The summed E-state index contributed by atoms with van der Waals surface area (Å²) in [5.41, 5.74) is 7.97. The van der Waals surface area contributed by atoms with Crippen LogP contribution in [0.4, 0.5) is 0 Å². The molecule has 1 amide bonds. The van der Waals surface area contributed by atoms with Gasteiger partial charge in [-0.1, -0.05) is 36.4 Å². The van der Waals surface area contributed by atoms with Gasteiger partial charge in [0, 0.05) is 18.7 Å². The van der Waals surface area contributed by atoms with E-state index in [0.29, 0.717) is 17.9 Å². The van der Waals surface area contributed by atoms with Gasteiger partial charge in [0.15, 0.2) is 0 Å². The Morgan fingerprint density at radius 3 is 2.70 bits per heavy atom. The van der Waals surface area contributed by atoms with E-state index in [1.807, 2.05) is 54.6 Å². The molecule has 170 valence electrons. The van der Waals surface area contributed by atoms with Gasteiger partial charge in [0.1, 0.15) is 10.8 Å². The molecule has 0 spiro atoms. The number of primary amides is 1. The number of rotatable bonds is 8. The van der Waals surface area contributed by atoms with Crippen LogP contribution in [0.15, 0.2) is 54.6 Å². The number of fused-ring (bicyclic) bond motifs is 2. The van der Waals surface area contributed by atoms with Crippen LogP contribution in [0.3, 0.4) is 0 Å². The fourth-order valence-corrected chi connectivity index (χ4v) is 5.36. The van der Waals surface area contributed by atoms with E-state index in [1.165, 1.54) is 0 Å². The van der Waals surface area contributed by atoms with E-state index in [1.54, 1.807) is 11.3 Å². The smallest absolute Gasteiger partial charge is 0.253 e. The molecule has 33 heavy (non-hydrogen) atoms. The van der Waals surface area contributed by atoms with Crippen LogP contribution in [0.5, 0.6) is 5.75 Å². The van der Waals surface area contributed by atoms with Gasteiger partial charge < -0.3 is 15.2 Å². The second-order valence-corrected chi connectivity index (χ2v) is 9.24. The molecular formula is C26H27N3O3S. The third kappa shape index (κ3) is 4.71. The van der Waals surface area contributed by atoms with Crippen molar-refractivity contribution < 1.29 is 14.3 Å². The number of carbonyl (C=O) groups is 1. The van der Waals surface area contributed by atoms with E-state index in [2.05, 4.69) is 4.90 Å². The van der Waals surface area contributed by atoms with Gasteiger partial charge in [0.2, 0.25) is 0 Å². The summed E-state index contributed by atoms with van der Waals surface area (Å²) < 4.78 is 12.6. The first-order valence-corrected chi connectivity index (χ1v) is 12.2. The molecule has 2 heterocycles. The normalized spacial score (nSPS) is 14.7. The molecule has 1 aliphatic rings. The Balaban J connectivity index is 1.44. The first-order valence-electron chi connectivity index (χ1n) is 11.3. The van der Waals surface area contributed by atoms with Crippen LogP contribution in [0, 0.1) is 0 Å². The van der Waals surface area contributed by atoms with Crippen LogP contribution in [0.2, 0.25) is 0 Å². The topological polar surface area (TPSA) is 77.7 Å². The molecular weight excluding hydrogens is 434 g/mol. The van der Waals surface area contributed by atoms with E-state index in [-0.39, 0.29) is 0 Å². The van der Waals surface area contributed by atoms with Crippen molar-refractivity contribution in [2.24, 2.45) is 5.73 Å². The number of hydrogen-bond acceptors (Lipinski definition) is 6. The Morgan fingerprint density at radius 1 is 1.09 bits per heavy atom. The Labute approximate surface area is 196 Å². The highest BCUT2D eigenvalue weighted by atomic mass is 32.1. The quantitative estimate of drug-likeness (QED) is 0.385. The van der Waals surface area contributed by atoms with Crippen LogP contribution in [0.25, 0.3) is 31.6 Å². The largest absolute Gasteiger partial charge is 0.493 e. The number of hydrogen-bond donors (Lipinski definition) is 1. The van der Waals surface area contributed by atoms with Crippen LogP contribution in [-0.2, 0) is 4.74 Å². The lowest BCUT2D eigenvalue weighted by atomic mass is 9.97. The summed E-state index contributed by atoms with van der Waals surface area (Å²) >= 11 is 1.56. The molecule has 5 rings (SSSR count). The SMILES string of the molecule is NC(=O)c1c(OCCCCN2CCOCC2)cc2ccccc2c1-c1nc2ccccc2s1. The standard InChI is InChI=1S/C26H27N3O3S/c27-25(30)24-21(32-14-6-5-11-29-12-15-31-16-13-29)17-18-7-1-2-8-19(18)23(24)26-28-20-9-3-4-10-22(20)33-26/h1-4,7-10,17H,5-6,11-16H2,(H2,27,30). The summed E-state index contributed by atoms with van der Waals surface area (Å²) in [6.45, 7) is 5.16. The molecule has 3 aromatic carbocycles. The average molecular weight is 462 g/mol. The Hall–Kier alpha value is -3.00. The van der Waals surface area contributed by atoms with Crippen molar-refractivity contribution in [1.29, 1.82) is 0 Å². The van der Waals surface area contributed by atoms with Crippen molar-refractivity contribution in [3.63, 3.8) is 0 Å². The molecule has 0 atom stereocenters. The number of nitrogens with zero attached hydrogens (tertiary/aromatic N) is 2. The van der Waals surface area contributed by atoms with Gasteiger partial charge in [-0.25, -0.2) is 4.98 Å². The van der Waals surface area contributed by atoms with Gasteiger partial charge in [0.05, 0.1) is 35.6 Å². The lowest BCUT2D eigenvalue weighted by Gasteiger charge is -2.26. The van der Waals surface area contributed by atoms with Gasteiger partial charge in [0.25, 0.3) is 5.91 Å². The molecule has 1 saturated heterocycles. The van der Waals surface area contributed by atoms with Crippen LogP contribution in [-0.4, -0.2) is 55.2 Å². The zero-order chi connectivity index (χ0) is 22.6. The molecule has 7 heteroatoms. The number of carbonyl (C=O) groups excluding carboxylic acids is 1. The fraction of sp³-hybridized carbons (Fsp3) is 0.308. The average Bonchev–Trinajstić information content (AvgIpc) is 3.27. The van der Waals surface area contributed by atoms with Crippen molar-refractivity contribution in [3.8, 4) is 16.3 Å². The highest BCUT2D eigenvalue weighted by Gasteiger charge is 2.23. The van der Waals surface area contributed by atoms with E-state index in [9.17, 15) is 4.79 Å². The minimum atomic E-state index is -0.502. The number of thiazole rings is 1. The van der Waals surface area contributed by atoms with Crippen molar-refractivity contribution in [2.75, 3.05) is 39.5 Å². The first-order chi connectivity index (χ1) is 16.2. The summed E-state index contributed by atoms with van der Waals surface area (Å²) in [6.07, 6.45) is 1.93. The minimum absolute atomic E-state index is 0.404. The molecule has 0 bridgehead atoms. The Bertz CT molecular complexity index is 1250. The summed E-state index contributed by atoms with van der Waals surface area (Å²) in [6, 6.07) is 17.9. The van der Waals surface area contributed by atoms with Gasteiger partial charge in [-0.3, -0.25) is 9.69 Å². The third-order valence-corrected chi connectivity index (χ3v) is 7.05. The number of unbranched alkanes of at least 4 members (excludes halogenated alkanes) is 1. The van der Waals surface area contributed by atoms with E-state index >= 15 is 0 Å². The van der Waals surface area contributed by atoms with Crippen LogP contribution >= 0.6 is 11.3 Å². The molecule has 0 saturated carbocycles. The Kier molecular flexibility index (Phi) is 6.53. The molecule has 6 nitrogen and oxygen atoms in total. The van der Waals surface area contributed by atoms with Crippen molar-refractivity contribution in [3.05, 3.63) is 60.2 Å². The van der Waals surface area contributed by atoms with E-state index in [4.69, 9.17) is 20.2 Å². The summed E-state index contributed by atoms with van der Waals surface area (Å²) in [5, 5.41) is 2.73. The third-order valence-electron chi connectivity index (χ3n) is 6.00. The van der Waals surface area contributed by atoms with Crippen molar-refractivity contribution in [2.45, 2.75) is 12.8 Å². The molecule has 4 aromatic rings. The monoisotopic (exact) mass is 461 g/mol. The summed E-state index contributed by atoms with van der Waals surface area (Å²) in [5.74, 6) is 0.0279. The number of ether oxygens (including phenoxy) is 2. The zero-order valence-electron chi connectivity index (χ0n) is 18.5. The second kappa shape index (κ2) is 9.87. The Morgan fingerprint density at radius 2 is 1.88 bits per heavy atom. The lowest BCUT2D eigenvalue weighted by molar-refractivity contribution is 0.0368. The second-order valence-electron chi connectivity index (χ2n) is 8.21. The maximum Gasteiger partial charge on any atom is 0.253 e. The highest BCUT2D eigenvalue weighted by Crippen LogP contribution is 2.41. The molecule has 1 aliphatic heterocycles. The lowest BCUT2D eigenvalue weighted by Crippen LogP contribution is -2.36. The molecule has 0 radical (unpaired) electrons.